The minimum atomic E-state index is -0.233. The number of aldehydes is 1. The van der Waals surface area contributed by atoms with Crippen molar-refractivity contribution in [3.63, 3.8) is 0 Å². The van der Waals surface area contributed by atoms with Crippen molar-refractivity contribution in [1.82, 2.24) is 0 Å². The lowest BCUT2D eigenvalue weighted by molar-refractivity contribution is -0.116. The topological polar surface area (TPSA) is 35.5 Å². The monoisotopic (exact) mass is 512 g/mol. The lowest BCUT2D eigenvalue weighted by Crippen LogP contribution is -2.43. The largest absolute Gasteiger partial charge is 0.497 e. The Labute approximate surface area is 225 Å². The molecule has 0 amide bonds. The van der Waals surface area contributed by atoms with Gasteiger partial charge in [-0.3, -0.25) is 0 Å². The van der Waals surface area contributed by atoms with Gasteiger partial charge in [-0.25, -0.2) is 4.39 Å². The van der Waals surface area contributed by atoms with Crippen LogP contribution in [0.2, 0.25) is 0 Å². The summed E-state index contributed by atoms with van der Waals surface area (Å²) in [6, 6.07) is 17.7. The molecule has 2 saturated carbocycles. The highest BCUT2D eigenvalue weighted by molar-refractivity contribution is 5.71. The van der Waals surface area contributed by atoms with Crippen LogP contribution in [0.25, 0.3) is 11.1 Å². The summed E-state index contributed by atoms with van der Waals surface area (Å²) in [5, 5.41) is 0. The van der Waals surface area contributed by atoms with Gasteiger partial charge in [0, 0.05) is 16.9 Å². The van der Waals surface area contributed by atoms with E-state index in [0.717, 1.165) is 61.7 Å². The standard InChI is InChI=1S/C34H37FO3/c1-33(2)14-4-5-30(33)28-17-22(6-10-27(28)29-18-25(37-3)9-11-32(29)35)21-38-26-8-7-23-12-15-34(31(23)19-26)16-13-24(34)20-36/h6-11,17-20,24,30H,4-5,12-16,21H2,1-3H3/t24-,30-,34-/m0/s1. The SMILES string of the molecule is COc1ccc(F)c(-c2ccc(COc3ccc4c(c3)[C@@]3(CC4)CC[C@H]3C=O)cc2[C@@H]2CCCC2(C)C)c1. The van der Waals surface area contributed by atoms with E-state index in [1.54, 1.807) is 19.2 Å². The molecule has 3 aliphatic rings. The third-order valence-electron chi connectivity index (χ3n) is 9.85. The maximum atomic E-state index is 15.1. The van der Waals surface area contributed by atoms with Gasteiger partial charge in [-0.15, -0.1) is 0 Å². The van der Waals surface area contributed by atoms with Gasteiger partial charge in [0.2, 0.25) is 0 Å². The van der Waals surface area contributed by atoms with Crippen molar-refractivity contribution in [2.45, 2.75) is 76.7 Å². The highest BCUT2D eigenvalue weighted by Crippen LogP contribution is 2.56. The van der Waals surface area contributed by atoms with Gasteiger partial charge in [0.15, 0.2) is 0 Å². The van der Waals surface area contributed by atoms with Crippen LogP contribution in [0.4, 0.5) is 4.39 Å². The molecule has 3 aliphatic carbocycles. The second kappa shape index (κ2) is 9.55. The average molecular weight is 513 g/mol. The number of carbonyl (C=O) groups excluding carboxylic acids is 1. The van der Waals surface area contributed by atoms with Crippen LogP contribution in [-0.4, -0.2) is 13.4 Å². The predicted molar refractivity (Wildman–Crippen MR) is 148 cm³/mol. The number of methoxy groups -OCH3 is 1. The van der Waals surface area contributed by atoms with Crippen LogP contribution in [-0.2, 0) is 23.2 Å². The maximum absolute atomic E-state index is 15.1. The zero-order valence-electron chi connectivity index (χ0n) is 22.7. The molecule has 2 fully saturated rings. The smallest absolute Gasteiger partial charge is 0.131 e. The molecule has 6 rings (SSSR count). The van der Waals surface area contributed by atoms with E-state index in [4.69, 9.17) is 9.47 Å². The van der Waals surface area contributed by atoms with Gasteiger partial charge in [-0.2, -0.15) is 0 Å². The van der Waals surface area contributed by atoms with E-state index >= 15 is 4.39 Å². The van der Waals surface area contributed by atoms with Crippen LogP contribution in [0.1, 0.15) is 80.5 Å². The molecule has 4 heteroatoms. The number of benzene rings is 3. The summed E-state index contributed by atoms with van der Waals surface area (Å²) < 4.78 is 26.8. The lowest BCUT2D eigenvalue weighted by atomic mass is 9.58. The van der Waals surface area contributed by atoms with Crippen molar-refractivity contribution in [1.29, 1.82) is 0 Å². The molecule has 3 nitrogen and oxygen atoms in total. The molecule has 0 aromatic heterocycles. The van der Waals surface area contributed by atoms with E-state index in [9.17, 15) is 4.79 Å². The third kappa shape index (κ3) is 4.13. The summed E-state index contributed by atoms with van der Waals surface area (Å²) in [6.07, 6.45) is 8.80. The number of rotatable bonds is 7. The van der Waals surface area contributed by atoms with Crippen molar-refractivity contribution >= 4 is 6.29 Å². The van der Waals surface area contributed by atoms with Crippen LogP contribution in [0, 0.1) is 17.2 Å². The van der Waals surface area contributed by atoms with Crippen molar-refractivity contribution in [2.24, 2.45) is 11.3 Å². The van der Waals surface area contributed by atoms with Crippen LogP contribution in [0.3, 0.4) is 0 Å². The molecule has 38 heavy (non-hydrogen) atoms. The molecule has 3 aromatic carbocycles. The fourth-order valence-electron chi connectivity index (χ4n) is 7.47. The van der Waals surface area contributed by atoms with Gasteiger partial charge < -0.3 is 14.3 Å². The minimum absolute atomic E-state index is 0.0279. The highest BCUT2D eigenvalue weighted by atomic mass is 19.1. The molecular formula is C34H37FO3. The van der Waals surface area contributed by atoms with Gasteiger partial charge in [0.05, 0.1) is 7.11 Å². The van der Waals surface area contributed by atoms with Crippen LogP contribution in [0.15, 0.2) is 54.6 Å². The molecule has 0 aliphatic heterocycles. The first-order valence-corrected chi connectivity index (χ1v) is 14.0. The Balaban J connectivity index is 1.31. The summed E-state index contributed by atoms with van der Waals surface area (Å²) in [5.74, 6) is 1.77. The zero-order valence-corrected chi connectivity index (χ0v) is 22.7. The Bertz CT molecular complexity index is 1380. The normalized spacial score (nSPS) is 25.2. The molecular weight excluding hydrogens is 475 g/mol. The fourth-order valence-corrected chi connectivity index (χ4v) is 7.47. The number of carbonyl (C=O) groups is 1. The number of hydrogen-bond donors (Lipinski definition) is 0. The van der Waals surface area contributed by atoms with Crippen molar-refractivity contribution in [3.05, 3.63) is 82.7 Å². The third-order valence-corrected chi connectivity index (χ3v) is 9.85. The van der Waals surface area contributed by atoms with Gasteiger partial charge in [0.1, 0.15) is 30.2 Å². The first-order valence-electron chi connectivity index (χ1n) is 14.0. The molecule has 3 atom stereocenters. The molecule has 0 bridgehead atoms. The van der Waals surface area contributed by atoms with Crippen LogP contribution < -0.4 is 9.47 Å². The molecule has 0 saturated heterocycles. The summed E-state index contributed by atoms with van der Waals surface area (Å²) in [4.78, 5) is 11.7. The quantitative estimate of drug-likeness (QED) is 0.300. The molecule has 3 aromatic rings. The van der Waals surface area contributed by atoms with Gasteiger partial charge in [0.25, 0.3) is 0 Å². The molecule has 0 unspecified atom stereocenters. The van der Waals surface area contributed by atoms with E-state index in [0.29, 0.717) is 23.8 Å². The summed E-state index contributed by atoms with van der Waals surface area (Å²) >= 11 is 0. The average Bonchev–Trinajstić information content (AvgIpc) is 3.48. The van der Waals surface area contributed by atoms with Crippen molar-refractivity contribution < 1.29 is 18.7 Å². The Morgan fingerprint density at radius 3 is 2.50 bits per heavy atom. The minimum Gasteiger partial charge on any atom is -0.497 e. The molecule has 1 spiro atoms. The van der Waals surface area contributed by atoms with Gasteiger partial charge in [-0.05, 0) is 108 Å². The van der Waals surface area contributed by atoms with E-state index in [-0.39, 0.29) is 22.6 Å². The predicted octanol–water partition coefficient (Wildman–Crippen LogP) is 8.17. The van der Waals surface area contributed by atoms with Crippen molar-refractivity contribution in [2.75, 3.05) is 7.11 Å². The number of hydrogen-bond acceptors (Lipinski definition) is 3. The van der Waals surface area contributed by atoms with Gasteiger partial charge in [-0.1, -0.05) is 44.5 Å². The second-order valence-electron chi connectivity index (χ2n) is 12.2. The summed E-state index contributed by atoms with van der Waals surface area (Å²) in [6.45, 7) is 5.10. The summed E-state index contributed by atoms with van der Waals surface area (Å²) in [5.41, 5.74) is 6.65. The maximum Gasteiger partial charge on any atom is 0.131 e. The lowest BCUT2D eigenvalue weighted by Gasteiger charge is -2.45. The molecule has 0 heterocycles. The molecule has 0 N–H and O–H groups in total. The van der Waals surface area contributed by atoms with Crippen LogP contribution in [0.5, 0.6) is 11.5 Å². The molecule has 0 radical (unpaired) electrons. The van der Waals surface area contributed by atoms with E-state index in [1.807, 2.05) is 0 Å². The summed E-state index contributed by atoms with van der Waals surface area (Å²) in [7, 11) is 1.61. The van der Waals surface area contributed by atoms with Gasteiger partial charge >= 0.3 is 0 Å². The van der Waals surface area contributed by atoms with E-state index in [2.05, 4.69) is 50.2 Å². The Morgan fingerprint density at radius 2 is 1.79 bits per heavy atom. The van der Waals surface area contributed by atoms with E-state index < -0.39 is 0 Å². The highest BCUT2D eigenvalue weighted by Gasteiger charge is 2.51. The van der Waals surface area contributed by atoms with Crippen LogP contribution >= 0.6 is 0 Å². The van der Waals surface area contributed by atoms with E-state index in [1.165, 1.54) is 29.2 Å². The first kappa shape index (κ1) is 25.2. The first-order chi connectivity index (χ1) is 18.3. The number of fused-ring (bicyclic) bond motifs is 2. The number of aryl methyl sites for hydroxylation is 1. The van der Waals surface area contributed by atoms with Crippen molar-refractivity contribution in [3.8, 4) is 22.6 Å². The second-order valence-corrected chi connectivity index (χ2v) is 12.2. The number of halogens is 1. The zero-order chi connectivity index (χ0) is 26.5. The molecule has 198 valence electrons. The Morgan fingerprint density at radius 1 is 0.947 bits per heavy atom. The number of ether oxygens (including phenoxy) is 2. The fraction of sp³-hybridized carbons (Fsp3) is 0.441. The Kier molecular flexibility index (Phi) is 6.32. The Hall–Kier alpha value is -3.14.